The van der Waals surface area contributed by atoms with Gasteiger partial charge in [0.1, 0.15) is 35.7 Å². The van der Waals surface area contributed by atoms with E-state index in [-0.39, 0.29) is 62.1 Å². The van der Waals surface area contributed by atoms with Crippen molar-refractivity contribution in [1.82, 2.24) is 25.2 Å². The fraction of sp³-hybridized carbons (Fsp3) is 0.483. The van der Waals surface area contributed by atoms with Crippen LogP contribution >= 0.6 is 11.3 Å². The van der Waals surface area contributed by atoms with Crippen molar-refractivity contribution >= 4 is 43.4 Å². The Morgan fingerprint density at radius 3 is 2.67 bits per heavy atom. The van der Waals surface area contributed by atoms with Gasteiger partial charge in [-0.15, -0.1) is 0 Å². The Labute approximate surface area is 242 Å². The number of thiazole rings is 1. The normalized spacial score (nSPS) is 27.4. The van der Waals surface area contributed by atoms with Gasteiger partial charge >= 0.3 is 6.01 Å². The molecule has 0 spiro atoms. The van der Waals surface area contributed by atoms with Crippen molar-refractivity contribution in [2.75, 3.05) is 43.4 Å². The largest absolute Gasteiger partial charge is 0.461 e. The third-order valence-electron chi connectivity index (χ3n) is 9.37. The van der Waals surface area contributed by atoms with Gasteiger partial charge in [-0.05, 0) is 50.4 Å². The summed E-state index contributed by atoms with van der Waals surface area (Å²) >= 11 is 0.916. The van der Waals surface area contributed by atoms with Crippen LogP contribution in [0.15, 0.2) is 18.2 Å². The molecule has 4 aromatic rings. The third kappa shape index (κ3) is 4.11. The van der Waals surface area contributed by atoms with Crippen LogP contribution in [0.3, 0.4) is 0 Å². The maximum atomic E-state index is 16.5. The van der Waals surface area contributed by atoms with Crippen molar-refractivity contribution in [1.29, 1.82) is 0 Å². The summed E-state index contributed by atoms with van der Waals surface area (Å²) in [6, 6.07) is 4.16. The number of nitrogen functional groups attached to an aromatic ring is 1. The molecule has 13 heteroatoms. The zero-order valence-corrected chi connectivity index (χ0v) is 23.5. The monoisotopic (exact) mass is 599 g/mol. The van der Waals surface area contributed by atoms with Gasteiger partial charge in [0.15, 0.2) is 10.9 Å². The predicted octanol–water partition coefficient (Wildman–Crippen LogP) is 4.80. The van der Waals surface area contributed by atoms with E-state index in [2.05, 4.69) is 20.2 Å². The quantitative estimate of drug-likeness (QED) is 0.316. The first-order valence-electron chi connectivity index (χ1n) is 14.4. The van der Waals surface area contributed by atoms with Crippen LogP contribution in [0.4, 0.5) is 28.5 Å². The number of rotatable bonds is 5. The minimum absolute atomic E-state index is 0.0365. The van der Waals surface area contributed by atoms with Crippen molar-refractivity contribution in [3.8, 4) is 17.1 Å². The van der Waals surface area contributed by atoms with Crippen LogP contribution in [-0.2, 0) is 0 Å². The highest BCUT2D eigenvalue weighted by molar-refractivity contribution is 7.22. The Bertz CT molecular complexity index is 1720. The number of nitrogens with two attached hydrogens (primary N) is 1. The van der Waals surface area contributed by atoms with Gasteiger partial charge in [-0.25, -0.2) is 22.5 Å². The second-order valence-corrected chi connectivity index (χ2v) is 13.0. The standard InChI is InChI=1S/C29H29F4N7OS/c30-14-9-29(6-1-7-40(29)10-14)13-41-28-37-23-18(26(38-28)39-11-15-2-3-16(12-39)35-15)8-20(32)21(22(23)33)17-4-5-19(31)25-24(17)36-27(34)42-25/h4-5,8,14-16,35H,1-3,6-7,9-13H2,(H2,34,36)/t14-,15-,16+,29+/m1/s1. The van der Waals surface area contributed by atoms with Crippen molar-refractivity contribution in [2.24, 2.45) is 0 Å². The molecule has 0 saturated carbocycles. The zero-order chi connectivity index (χ0) is 28.7. The van der Waals surface area contributed by atoms with E-state index in [0.717, 1.165) is 49.6 Å². The number of hydrogen-bond donors (Lipinski definition) is 2. The number of nitrogens with zero attached hydrogens (tertiary/aromatic N) is 5. The number of benzene rings is 2. The molecule has 4 fully saturated rings. The van der Waals surface area contributed by atoms with Crippen LogP contribution in [0.5, 0.6) is 6.01 Å². The summed E-state index contributed by atoms with van der Waals surface area (Å²) in [6.45, 7) is 2.62. The number of hydrogen-bond acceptors (Lipinski definition) is 9. The molecule has 4 atom stereocenters. The molecular formula is C29H29F4N7OS. The highest BCUT2D eigenvalue weighted by Crippen LogP contribution is 2.43. The molecule has 6 heterocycles. The van der Waals surface area contributed by atoms with Gasteiger partial charge in [-0.3, -0.25) is 4.90 Å². The molecule has 4 saturated heterocycles. The first-order chi connectivity index (χ1) is 20.3. The predicted molar refractivity (Wildman–Crippen MR) is 153 cm³/mol. The maximum absolute atomic E-state index is 16.5. The number of nitrogens with one attached hydrogen (secondary N) is 1. The Hall–Kier alpha value is -3.29. The molecule has 2 aromatic heterocycles. The van der Waals surface area contributed by atoms with E-state index >= 15 is 8.78 Å². The summed E-state index contributed by atoms with van der Waals surface area (Å²) in [5, 5.41) is 3.89. The number of anilines is 2. The number of fused-ring (bicyclic) bond motifs is 5. The maximum Gasteiger partial charge on any atom is 0.319 e. The van der Waals surface area contributed by atoms with Crippen molar-refractivity contribution in [2.45, 2.75) is 55.9 Å². The number of piperazine rings is 1. The van der Waals surface area contributed by atoms with Crippen molar-refractivity contribution in [3.05, 3.63) is 35.7 Å². The number of aromatic nitrogens is 3. The van der Waals surface area contributed by atoms with Crippen LogP contribution < -0.4 is 20.7 Å². The molecule has 0 aliphatic carbocycles. The van der Waals surface area contributed by atoms with E-state index in [9.17, 15) is 8.78 Å². The van der Waals surface area contributed by atoms with E-state index in [1.54, 1.807) is 0 Å². The van der Waals surface area contributed by atoms with Crippen molar-refractivity contribution < 1.29 is 22.3 Å². The molecule has 2 aromatic carbocycles. The molecule has 8 rings (SSSR count). The number of ether oxygens (including phenoxy) is 1. The lowest BCUT2D eigenvalue weighted by molar-refractivity contribution is 0.107. The molecule has 0 unspecified atom stereocenters. The van der Waals surface area contributed by atoms with E-state index in [4.69, 9.17) is 15.5 Å². The fourth-order valence-electron chi connectivity index (χ4n) is 7.52. The van der Waals surface area contributed by atoms with Crippen LogP contribution in [-0.4, -0.2) is 76.4 Å². The molecule has 42 heavy (non-hydrogen) atoms. The molecule has 3 N–H and O–H groups in total. The Balaban J connectivity index is 1.27. The average Bonchev–Trinajstić information content (AvgIpc) is 3.70. The number of alkyl halides is 1. The van der Waals surface area contributed by atoms with E-state index in [1.807, 2.05) is 4.90 Å². The SMILES string of the molecule is Nc1nc2c(-c3c(F)cc4c(N5C[C@H]6CC[C@@H](C5)N6)nc(OC[C@@]56CCCN5C[C@H](F)C6)nc4c3F)ccc(F)c2s1. The Kier molecular flexibility index (Phi) is 6.03. The van der Waals surface area contributed by atoms with Crippen molar-refractivity contribution in [3.63, 3.8) is 0 Å². The molecule has 4 aliphatic rings. The average molecular weight is 600 g/mol. The number of halogens is 4. The zero-order valence-electron chi connectivity index (χ0n) is 22.7. The second-order valence-electron chi connectivity index (χ2n) is 12.0. The lowest BCUT2D eigenvalue weighted by Gasteiger charge is -2.34. The lowest BCUT2D eigenvalue weighted by Crippen LogP contribution is -2.51. The second kappa shape index (κ2) is 9.61. The van der Waals surface area contributed by atoms with Crippen LogP contribution in [0.25, 0.3) is 32.2 Å². The van der Waals surface area contributed by atoms with E-state index in [0.29, 0.717) is 31.9 Å². The molecule has 0 radical (unpaired) electrons. The molecule has 4 aliphatic heterocycles. The van der Waals surface area contributed by atoms with E-state index < -0.39 is 29.2 Å². The topological polar surface area (TPSA) is 92.4 Å². The summed E-state index contributed by atoms with van der Waals surface area (Å²) in [7, 11) is 0. The summed E-state index contributed by atoms with van der Waals surface area (Å²) in [4.78, 5) is 17.5. The first-order valence-corrected chi connectivity index (χ1v) is 15.2. The third-order valence-corrected chi connectivity index (χ3v) is 10.3. The first kappa shape index (κ1) is 26.3. The van der Waals surface area contributed by atoms with Crippen LogP contribution in [0.1, 0.15) is 32.1 Å². The van der Waals surface area contributed by atoms with E-state index in [1.165, 1.54) is 12.1 Å². The molecule has 8 nitrogen and oxygen atoms in total. The lowest BCUT2D eigenvalue weighted by atomic mass is 9.95. The Morgan fingerprint density at radius 1 is 1.05 bits per heavy atom. The smallest absolute Gasteiger partial charge is 0.319 e. The van der Waals surface area contributed by atoms with Gasteiger partial charge in [0.25, 0.3) is 0 Å². The Morgan fingerprint density at radius 2 is 1.86 bits per heavy atom. The summed E-state index contributed by atoms with van der Waals surface area (Å²) < 4.78 is 67.6. The van der Waals surface area contributed by atoms with Gasteiger partial charge in [-0.1, -0.05) is 11.3 Å². The minimum Gasteiger partial charge on any atom is -0.461 e. The molecular weight excluding hydrogens is 570 g/mol. The summed E-state index contributed by atoms with van der Waals surface area (Å²) in [5.74, 6) is -1.92. The van der Waals surface area contributed by atoms with Gasteiger partial charge in [0, 0.05) is 49.1 Å². The molecule has 0 amide bonds. The van der Waals surface area contributed by atoms with Gasteiger partial charge in [-0.2, -0.15) is 9.97 Å². The molecule has 220 valence electrons. The summed E-state index contributed by atoms with van der Waals surface area (Å²) in [6.07, 6.45) is 3.23. The van der Waals surface area contributed by atoms with Gasteiger partial charge in [0.2, 0.25) is 0 Å². The minimum atomic E-state index is -0.923. The summed E-state index contributed by atoms with van der Waals surface area (Å²) in [5.41, 5.74) is 5.08. The van der Waals surface area contributed by atoms with Gasteiger partial charge in [0.05, 0.1) is 21.3 Å². The fourth-order valence-corrected chi connectivity index (χ4v) is 8.29. The highest BCUT2D eigenvalue weighted by atomic mass is 32.1. The van der Waals surface area contributed by atoms with Crippen LogP contribution in [0, 0.1) is 17.5 Å². The van der Waals surface area contributed by atoms with Gasteiger partial charge < -0.3 is 20.7 Å². The molecule has 2 bridgehead atoms. The van der Waals surface area contributed by atoms with Crippen LogP contribution in [0.2, 0.25) is 0 Å². The highest BCUT2D eigenvalue weighted by Gasteiger charge is 2.49.